The van der Waals surface area contributed by atoms with Gasteiger partial charge in [0.05, 0.1) is 12.6 Å². The zero-order valence-electron chi connectivity index (χ0n) is 14.9. The van der Waals surface area contributed by atoms with Gasteiger partial charge >= 0.3 is 0 Å². The average molecular weight is 364 g/mol. The van der Waals surface area contributed by atoms with Crippen molar-refractivity contribution in [2.45, 2.75) is 64.2 Å². The van der Waals surface area contributed by atoms with Crippen molar-refractivity contribution in [2.24, 2.45) is 17.6 Å². The van der Waals surface area contributed by atoms with E-state index in [1.54, 1.807) is 11.8 Å². The van der Waals surface area contributed by atoms with Crippen molar-refractivity contribution in [3.63, 3.8) is 0 Å². The number of halogens is 2. The lowest BCUT2D eigenvalue weighted by molar-refractivity contribution is -0.133. The van der Waals surface area contributed by atoms with Crippen LogP contribution in [0.2, 0.25) is 0 Å². The van der Waals surface area contributed by atoms with E-state index in [1.807, 2.05) is 18.9 Å². The molecule has 0 spiro atoms. The van der Waals surface area contributed by atoms with Gasteiger partial charge in [-0.25, -0.2) is 4.39 Å². The standard InChI is InChI=1S/C17H30FN3O2.ClH/c1-11(16(19)17(23)21-9-8-14(18)10-21)13-4-6-15(7-5-13)20(3)12(2)22;/h11,13-16H,4-10,19H2,1-3H3;1H/t11-,13?,14-,15?,16-;/m0./s1. The Morgan fingerprint density at radius 1 is 1.21 bits per heavy atom. The second kappa shape index (κ2) is 8.99. The van der Waals surface area contributed by atoms with Crippen molar-refractivity contribution < 1.29 is 14.0 Å². The van der Waals surface area contributed by atoms with Gasteiger partial charge in [-0.3, -0.25) is 9.59 Å². The Bertz CT molecular complexity index is 444. The number of hydrogen-bond donors (Lipinski definition) is 1. The molecule has 1 saturated carbocycles. The van der Waals surface area contributed by atoms with Crippen LogP contribution in [0.4, 0.5) is 4.39 Å². The molecule has 5 nitrogen and oxygen atoms in total. The summed E-state index contributed by atoms with van der Waals surface area (Å²) < 4.78 is 13.3. The Labute approximate surface area is 150 Å². The number of likely N-dealkylation sites (tertiary alicyclic amines) is 1. The van der Waals surface area contributed by atoms with Crippen LogP contribution in [0, 0.1) is 11.8 Å². The second-order valence-electron chi connectivity index (χ2n) is 7.25. The average Bonchev–Trinajstić information content (AvgIpc) is 2.98. The van der Waals surface area contributed by atoms with Crippen LogP contribution in [0.25, 0.3) is 0 Å². The van der Waals surface area contributed by atoms with E-state index >= 15 is 0 Å². The molecule has 24 heavy (non-hydrogen) atoms. The molecule has 1 aliphatic heterocycles. The smallest absolute Gasteiger partial charge is 0.239 e. The van der Waals surface area contributed by atoms with E-state index in [1.165, 1.54) is 0 Å². The first kappa shape index (κ1) is 21.2. The maximum Gasteiger partial charge on any atom is 0.239 e. The number of hydrogen-bond acceptors (Lipinski definition) is 3. The van der Waals surface area contributed by atoms with Gasteiger partial charge in [0, 0.05) is 26.6 Å². The minimum atomic E-state index is -0.904. The van der Waals surface area contributed by atoms with Crippen LogP contribution in [0.5, 0.6) is 0 Å². The molecule has 2 N–H and O–H groups in total. The first-order chi connectivity index (χ1) is 10.8. The molecule has 0 unspecified atom stereocenters. The maximum absolute atomic E-state index is 13.3. The van der Waals surface area contributed by atoms with Crippen molar-refractivity contribution in [2.75, 3.05) is 20.1 Å². The fourth-order valence-corrected chi connectivity index (χ4v) is 3.92. The highest BCUT2D eigenvalue weighted by molar-refractivity contribution is 5.85. The monoisotopic (exact) mass is 363 g/mol. The highest BCUT2D eigenvalue weighted by atomic mass is 35.5. The third-order valence-corrected chi connectivity index (χ3v) is 5.82. The number of amides is 2. The van der Waals surface area contributed by atoms with Crippen molar-refractivity contribution in [1.82, 2.24) is 9.80 Å². The Kier molecular flexibility index (Phi) is 7.93. The summed E-state index contributed by atoms with van der Waals surface area (Å²) in [5.41, 5.74) is 6.18. The van der Waals surface area contributed by atoms with E-state index in [-0.39, 0.29) is 36.7 Å². The summed E-state index contributed by atoms with van der Waals surface area (Å²) in [5.74, 6) is 0.475. The molecule has 1 heterocycles. The number of nitrogens with zero attached hydrogens (tertiary/aromatic N) is 2. The number of rotatable bonds is 4. The normalized spacial score (nSPS) is 29.5. The number of carbonyl (C=O) groups is 2. The Morgan fingerprint density at radius 2 is 1.79 bits per heavy atom. The highest BCUT2D eigenvalue weighted by Gasteiger charge is 2.36. The predicted octanol–water partition coefficient (Wildman–Crippen LogP) is 1.98. The fourth-order valence-electron chi connectivity index (χ4n) is 3.92. The lowest BCUT2D eigenvalue weighted by atomic mass is 9.75. The quantitative estimate of drug-likeness (QED) is 0.830. The van der Waals surface area contributed by atoms with Gasteiger partial charge in [-0.15, -0.1) is 12.4 Å². The molecule has 1 aliphatic carbocycles. The fraction of sp³-hybridized carbons (Fsp3) is 0.882. The minimum Gasteiger partial charge on any atom is -0.343 e. The van der Waals surface area contributed by atoms with E-state index in [9.17, 15) is 14.0 Å². The molecule has 0 radical (unpaired) electrons. The molecular formula is C17H31ClFN3O2. The lowest BCUT2D eigenvalue weighted by Gasteiger charge is -2.38. The topological polar surface area (TPSA) is 66.6 Å². The molecule has 0 bridgehead atoms. The van der Waals surface area contributed by atoms with Crippen LogP contribution in [-0.4, -0.2) is 60.0 Å². The number of nitrogens with two attached hydrogens (primary N) is 1. The molecule has 1 saturated heterocycles. The van der Waals surface area contributed by atoms with Crippen molar-refractivity contribution >= 4 is 24.2 Å². The summed E-state index contributed by atoms with van der Waals surface area (Å²) in [5, 5.41) is 0. The number of alkyl halides is 1. The molecule has 3 atom stereocenters. The molecule has 2 rings (SSSR count). The zero-order chi connectivity index (χ0) is 17.1. The first-order valence-electron chi connectivity index (χ1n) is 8.73. The third kappa shape index (κ3) is 4.82. The van der Waals surface area contributed by atoms with Gasteiger partial charge in [0.1, 0.15) is 6.17 Å². The molecule has 2 amide bonds. The molecule has 2 aliphatic rings. The van der Waals surface area contributed by atoms with Crippen LogP contribution < -0.4 is 5.73 Å². The maximum atomic E-state index is 13.3. The van der Waals surface area contributed by atoms with Crippen LogP contribution in [0.15, 0.2) is 0 Å². The zero-order valence-corrected chi connectivity index (χ0v) is 15.7. The van der Waals surface area contributed by atoms with Crippen LogP contribution in [0.3, 0.4) is 0 Å². The Hall–Kier alpha value is -0.880. The summed E-state index contributed by atoms with van der Waals surface area (Å²) in [6, 6.07) is -0.249. The highest BCUT2D eigenvalue weighted by Crippen LogP contribution is 2.33. The van der Waals surface area contributed by atoms with Gasteiger partial charge < -0.3 is 15.5 Å². The van der Waals surface area contributed by atoms with Gasteiger partial charge in [-0.2, -0.15) is 0 Å². The van der Waals surface area contributed by atoms with E-state index < -0.39 is 12.2 Å². The van der Waals surface area contributed by atoms with E-state index in [0.717, 1.165) is 25.7 Å². The van der Waals surface area contributed by atoms with Crippen LogP contribution in [0.1, 0.15) is 46.0 Å². The summed E-state index contributed by atoms with van der Waals surface area (Å²) in [6.45, 7) is 4.30. The molecule has 7 heteroatoms. The first-order valence-corrected chi connectivity index (χ1v) is 8.73. The van der Waals surface area contributed by atoms with E-state index in [0.29, 0.717) is 24.9 Å². The van der Waals surface area contributed by atoms with E-state index in [4.69, 9.17) is 5.73 Å². The van der Waals surface area contributed by atoms with Crippen LogP contribution in [-0.2, 0) is 9.59 Å². The van der Waals surface area contributed by atoms with Gasteiger partial charge in [0.15, 0.2) is 0 Å². The lowest BCUT2D eigenvalue weighted by Crippen LogP contribution is -2.49. The molecule has 140 valence electrons. The van der Waals surface area contributed by atoms with Gasteiger partial charge in [0.2, 0.25) is 11.8 Å². The summed E-state index contributed by atoms with van der Waals surface area (Å²) in [4.78, 5) is 27.3. The predicted molar refractivity (Wildman–Crippen MR) is 94.7 cm³/mol. The summed E-state index contributed by atoms with van der Waals surface area (Å²) >= 11 is 0. The van der Waals surface area contributed by atoms with Crippen molar-refractivity contribution in [3.05, 3.63) is 0 Å². The van der Waals surface area contributed by atoms with Crippen molar-refractivity contribution in [3.8, 4) is 0 Å². The van der Waals surface area contributed by atoms with Gasteiger partial charge in [-0.05, 0) is 43.9 Å². The SMILES string of the molecule is CC(=O)N(C)C1CCC([C@H](C)[C@H](N)C(=O)N2CC[C@H](F)C2)CC1.Cl. The second-order valence-corrected chi connectivity index (χ2v) is 7.25. The van der Waals surface area contributed by atoms with Gasteiger partial charge in [-0.1, -0.05) is 6.92 Å². The van der Waals surface area contributed by atoms with Crippen molar-refractivity contribution in [1.29, 1.82) is 0 Å². The molecule has 2 fully saturated rings. The molecular weight excluding hydrogens is 333 g/mol. The summed E-state index contributed by atoms with van der Waals surface area (Å²) in [7, 11) is 1.85. The Morgan fingerprint density at radius 3 is 2.25 bits per heavy atom. The Balaban J connectivity index is 0.00000288. The molecule has 0 aromatic carbocycles. The largest absolute Gasteiger partial charge is 0.343 e. The minimum absolute atomic E-state index is 0. The molecule has 0 aromatic rings. The molecule has 0 aromatic heterocycles. The summed E-state index contributed by atoms with van der Waals surface area (Å²) in [6.07, 6.45) is 3.41. The number of carbonyl (C=O) groups excluding carboxylic acids is 2. The third-order valence-electron chi connectivity index (χ3n) is 5.82. The van der Waals surface area contributed by atoms with Crippen LogP contribution >= 0.6 is 12.4 Å². The van der Waals surface area contributed by atoms with Gasteiger partial charge in [0.25, 0.3) is 0 Å². The van der Waals surface area contributed by atoms with E-state index in [2.05, 4.69) is 0 Å².